The molecule has 9 heteroatoms. The first-order valence-corrected chi connectivity index (χ1v) is 15.2. The lowest BCUT2D eigenvalue weighted by Crippen LogP contribution is -2.32. The predicted octanol–water partition coefficient (Wildman–Crippen LogP) is 6.73. The number of aromatic nitrogens is 2. The minimum absolute atomic E-state index is 0.0885. The molecule has 5 rings (SSSR count). The van der Waals surface area contributed by atoms with Gasteiger partial charge < -0.3 is 4.98 Å². The van der Waals surface area contributed by atoms with Crippen molar-refractivity contribution >= 4 is 27.2 Å². The summed E-state index contributed by atoms with van der Waals surface area (Å²) in [5.41, 5.74) is 7.30. The quantitative estimate of drug-likeness (QED) is 0.231. The number of benzene rings is 2. The molecule has 0 bridgehead atoms. The Morgan fingerprint density at radius 1 is 1.10 bits per heavy atom. The number of nitrogens with one attached hydrogen (secondary N) is 2. The van der Waals surface area contributed by atoms with Crippen LogP contribution in [0.4, 0.5) is 4.39 Å². The van der Waals surface area contributed by atoms with Gasteiger partial charge in [-0.25, -0.2) is 17.5 Å². The molecule has 2 N–H and O–H groups in total. The Kier molecular flexibility index (Phi) is 8.51. The number of pyridine rings is 1. The molecular weight excluding hydrogens is 547 g/mol. The van der Waals surface area contributed by atoms with E-state index in [1.165, 1.54) is 18.7 Å². The van der Waals surface area contributed by atoms with Gasteiger partial charge in [0.15, 0.2) is 0 Å². The highest BCUT2D eigenvalue weighted by Crippen LogP contribution is 2.40. The SMILES string of the molecule is CCC(CN1CC=C(c2c[nH]c(-c3ccc(F)c(Cl)c3)c2-c2ccncc2)CC1)c1ccc(S(=O)(=O)NC)cc1. The van der Waals surface area contributed by atoms with Crippen LogP contribution in [0.1, 0.15) is 36.8 Å². The van der Waals surface area contributed by atoms with Gasteiger partial charge in [0.1, 0.15) is 5.82 Å². The van der Waals surface area contributed by atoms with E-state index in [-0.39, 0.29) is 9.92 Å². The summed E-state index contributed by atoms with van der Waals surface area (Å²) in [6, 6.07) is 16.0. The Labute approximate surface area is 240 Å². The molecule has 0 saturated carbocycles. The van der Waals surface area contributed by atoms with Crippen molar-refractivity contribution in [2.24, 2.45) is 0 Å². The van der Waals surface area contributed by atoms with Crippen LogP contribution < -0.4 is 4.72 Å². The molecule has 3 heterocycles. The average Bonchev–Trinajstić information content (AvgIpc) is 3.43. The second kappa shape index (κ2) is 12.1. The average molecular weight is 579 g/mol. The highest BCUT2D eigenvalue weighted by atomic mass is 35.5. The van der Waals surface area contributed by atoms with E-state index in [1.807, 2.05) is 30.5 Å². The molecule has 0 fully saturated rings. The van der Waals surface area contributed by atoms with Gasteiger partial charge in [0.05, 0.1) is 15.6 Å². The number of nitrogens with zero attached hydrogens (tertiary/aromatic N) is 2. The van der Waals surface area contributed by atoms with Gasteiger partial charge in [-0.1, -0.05) is 36.7 Å². The van der Waals surface area contributed by atoms with E-state index in [4.69, 9.17) is 11.6 Å². The Morgan fingerprint density at radius 2 is 1.85 bits per heavy atom. The van der Waals surface area contributed by atoms with Gasteiger partial charge in [-0.05, 0) is 85.0 Å². The lowest BCUT2D eigenvalue weighted by Gasteiger charge is -2.30. The van der Waals surface area contributed by atoms with Gasteiger partial charge >= 0.3 is 0 Å². The summed E-state index contributed by atoms with van der Waals surface area (Å²) in [7, 11) is -2.03. The molecule has 1 aliphatic rings. The van der Waals surface area contributed by atoms with Crippen LogP contribution in [0.2, 0.25) is 5.02 Å². The molecule has 0 spiro atoms. The molecule has 0 saturated heterocycles. The third kappa shape index (κ3) is 5.90. The molecule has 0 amide bonds. The van der Waals surface area contributed by atoms with E-state index >= 15 is 0 Å². The topological polar surface area (TPSA) is 78.1 Å². The summed E-state index contributed by atoms with van der Waals surface area (Å²) in [6.45, 7) is 4.78. The number of hydrogen-bond acceptors (Lipinski definition) is 4. The van der Waals surface area contributed by atoms with Crippen LogP contribution in [-0.4, -0.2) is 50.0 Å². The predicted molar refractivity (Wildman–Crippen MR) is 159 cm³/mol. The van der Waals surface area contributed by atoms with Crippen molar-refractivity contribution in [2.45, 2.75) is 30.6 Å². The fraction of sp³-hybridized carbons (Fsp3) is 0.258. The molecule has 2 aromatic heterocycles. The van der Waals surface area contributed by atoms with E-state index in [0.29, 0.717) is 5.92 Å². The highest BCUT2D eigenvalue weighted by Gasteiger charge is 2.23. The minimum atomic E-state index is -3.45. The second-order valence-corrected chi connectivity index (χ2v) is 12.2. The summed E-state index contributed by atoms with van der Waals surface area (Å²) in [4.78, 5) is 10.3. The van der Waals surface area contributed by atoms with Crippen molar-refractivity contribution in [2.75, 3.05) is 26.7 Å². The van der Waals surface area contributed by atoms with Gasteiger partial charge in [-0.3, -0.25) is 9.88 Å². The Morgan fingerprint density at radius 3 is 2.48 bits per heavy atom. The first-order valence-electron chi connectivity index (χ1n) is 13.3. The first-order chi connectivity index (χ1) is 19.3. The van der Waals surface area contributed by atoms with E-state index in [9.17, 15) is 12.8 Å². The lowest BCUT2D eigenvalue weighted by molar-refractivity contribution is 0.278. The van der Waals surface area contributed by atoms with Gasteiger partial charge in [0, 0.05) is 54.9 Å². The fourth-order valence-corrected chi connectivity index (χ4v) is 6.23. The zero-order valence-electron chi connectivity index (χ0n) is 22.5. The van der Waals surface area contributed by atoms with Crippen molar-refractivity contribution in [3.63, 3.8) is 0 Å². The van der Waals surface area contributed by atoms with Crippen LogP contribution >= 0.6 is 11.6 Å². The molecule has 40 heavy (non-hydrogen) atoms. The molecule has 1 unspecified atom stereocenters. The van der Waals surface area contributed by atoms with E-state index < -0.39 is 15.8 Å². The molecule has 0 radical (unpaired) electrons. The molecule has 2 aromatic carbocycles. The van der Waals surface area contributed by atoms with E-state index in [1.54, 1.807) is 36.7 Å². The summed E-state index contributed by atoms with van der Waals surface area (Å²) < 4.78 is 40.4. The fourth-order valence-electron chi connectivity index (χ4n) is 5.31. The van der Waals surface area contributed by atoms with Gasteiger partial charge in [-0.2, -0.15) is 0 Å². The maximum Gasteiger partial charge on any atom is 0.240 e. The van der Waals surface area contributed by atoms with Crippen molar-refractivity contribution < 1.29 is 12.8 Å². The summed E-state index contributed by atoms with van der Waals surface area (Å²) in [5, 5.41) is 0.0885. The number of H-pyrrole nitrogens is 1. The Balaban J connectivity index is 1.38. The first kappa shape index (κ1) is 28.2. The molecular formula is C31H32ClFN4O2S. The van der Waals surface area contributed by atoms with Crippen LogP contribution in [0.5, 0.6) is 0 Å². The Bertz CT molecular complexity index is 1620. The summed E-state index contributed by atoms with van der Waals surface area (Å²) >= 11 is 6.12. The molecule has 208 valence electrons. The van der Waals surface area contributed by atoms with Crippen molar-refractivity contribution in [3.8, 4) is 22.4 Å². The number of sulfonamides is 1. The second-order valence-electron chi connectivity index (χ2n) is 9.94. The third-order valence-corrected chi connectivity index (χ3v) is 9.32. The largest absolute Gasteiger partial charge is 0.360 e. The zero-order valence-corrected chi connectivity index (χ0v) is 24.1. The zero-order chi connectivity index (χ0) is 28.3. The lowest BCUT2D eigenvalue weighted by atomic mass is 9.91. The monoisotopic (exact) mass is 578 g/mol. The van der Waals surface area contributed by atoms with Crippen LogP contribution in [0.3, 0.4) is 0 Å². The normalized spacial score (nSPS) is 15.2. The van der Waals surface area contributed by atoms with Crippen LogP contribution in [0.25, 0.3) is 28.0 Å². The highest BCUT2D eigenvalue weighted by molar-refractivity contribution is 7.89. The van der Waals surface area contributed by atoms with Crippen molar-refractivity contribution in [1.29, 1.82) is 0 Å². The Hall–Kier alpha value is -3.30. The van der Waals surface area contributed by atoms with Crippen LogP contribution in [-0.2, 0) is 10.0 Å². The van der Waals surface area contributed by atoms with Gasteiger partial charge in [-0.15, -0.1) is 0 Å². The number of aromatic amines is 1. The van der Waals surface area contributed by atoms with Crippen LogP contribution in [0, 0.1) is 5.82 Å². The van der Waals surface area contributed by atoms with Gasteiger partial charge in [0.25, 0.3) is 0 Å². The number of rotatable bonds is 9. The van der Waals surface area contributed by atoms with Gasteiger partial charge in [0.2, 0.25) is 10.0 Å². The summed E-state index contributed by atoms with van der Waals surface area (Å²) in [5.74, 6) is -0.141. The maximum atomic E-state index is 13.9. The standard InChI is InChI=1S/C31H32ClFN4O2S/c1-3-21(22-4-7-26(8-5-22)40(38,39)34-2)20-37-16-12-23(13-17-37)27-19-36-31(25-6-9-29(33)28(32)18-25)30(27)24-10-14-35-15-11-24/h4-12,14-15,18-19,21,34,36H,3,13,16-17,20H2,1-2H3. The summed E-state index contributed by atoms with van der Waals surface area (Å²) in [6.07, 6.45) is 9.70. The van der Waals surface area contributed by atoms with E-state index in [2.05, 4.69) is 32.6 Å². The molecule has 1 aliphatic heterocycles. The van der Waals surface area contributed by atoms with Crippen molar-refractivity contribution in [3.05, 3.63) is 101 Å². The maximum absolute atomic E-state index is 13.9. The van der Waals surface area contributed by atoms with Crippen molar-refractivity contribution in [1.82, 2.24) is 19.6 Å². The third-order valence-electron chi connectivity index (χ3n) is 7.60. The molecule has 4 aromatic rings. The smallest absolute Gasteiger partial charge is 0.240 e. The molecule has 1 atom stereocenters. The number of halogens is 2. The molecule has 0 aliphatic carbocycles. The van der Waals surface area contributed by atoms with Crippen LogP contribution in [0.15, 0.2) is 84.2 Å². The minimum Gasteiger partial charge on any atom is -0.360 e. The number of hydrogen-bond donors (Lipinski definition) is 2. The van der Waals surface area contributed by atoms with E-state index in [0.717, 1.165) is 66.0 Å². The molecule has 6 nitrogen and oxygen atoms in total.